The van der Waals surface area contributed by atoms with Gasteiger partial charge in [0.15, 0.2) is 0 Å². The first-order valence-corrected chi connectivity index (χ1v) is 7.85. The molecule has 19 heavy (non-hydrogen) atoms. The number of pyridine rings is 1. The Morgan fingerprint density at radius 2 is 1.89 bits per heavy atom. The number of hydrogen-bond donors (Lipinski definition) is 1. The molecule has 0 aliphatic rings. The van der Waals surface area contributed by atoms with Crippen LogP contribution in [0.2, 0.25) is 0 Å². The molecule has 0 spiro atoms. The van der Waals surface area contributed by atoms with Crippen LogP contribution >= 0.6 is 31.9 Å². The van der Waals surface area contributed by atoms with Gasteiger partial charge in [-0.1, -0.05) is 37.6 Å². The molecule has 1 heterocycles. The van der Waals surface area contributed by atoms with E-state index in [2.05, 4.69) is 68.0 Å². The van der Waals surface area contributed by atoms with Crippen molar-refractivity contribution < 1.29 is 0 Å². The molecule has 2 rings (SSSR count). The Kier molecular flexibility index (Phi) is 5.13. The third-order valence-electron chi connectivity index (χ3n) is 3.01. The van der Waals surface area contributed by atoms with Crippen LogP contribution < -0.4 is 5.73 Å². The number of nitrogens with zero attached hydrogens (tertiary/aromatic N) is 1. The molecule has 100 valence electrons. The molecule has 4 heteroatoms. The highest BCUT2D eigenvalue weighted by Gasteiger charge is 2.14. The fourth-order valence-electron chi connectivity index (χ4n) is 1.99. The highest BCUT2D eigenvalue weighted by atomic mass is 79.9. The number of aryl methyl sites for hydroxylation is 1. The fraction of sp³-hybridized carbons (Fsp3) is 0.267. The molecule has 0 aliphatic carbocycles. The van der Waals surface area contributed by atoms with Crippen molar-refractivity contribution >= 4 is 31.9 Å². The molecule has 1 unspecified atom stereocenters. The van der Waals surface area contributed by atoms with Gasteiger partial charge >= 0.3 is 0 Å². The number of rotatable bonds is 4. The first-order valence-electron chi connectivity index (χ1n) is 6.27. The highest BCUT2D eigenvalue weighted by molar-refractivity contribution is 9.11. The van der Waals surface area contributed by atoms with E-state index in [1.807, 2.05) is 6.07 Å². The van der Waals surface area contributed by atoms with Crippen molar-refractivity contribution in [1.29, 1.82) is 0 Å². The number of aromatic nitrogens is 1. The van der Waals surface area contributed by atoms with Gasteiger partial charge in [-0.25, -0.2) is 0 Å². The summed E-state index contributed by atoms with van der Waals surface area (Å²) >= 11 is 6.91. The van der Waals surface area contributed by atoms with E-state index in [4.69, 9.17) is 5.73 Å². The molecule has 1 atom stereocenters. The van der Waals surface area contributed by atoms with Crippen LogP contribution in [0.4, 0.5) is 0 Å². The molecular formula is C15H16Br2N2. The van der Waals surface area contributed by atoms with Gasteiger partial charge in [0, 0.05) is 15.1 Å². The lowest BCUT2D eigenvalue weighted by Crippen LogP contribution is -2.14. The molecule has 2 aromatic rings. The standard InChI is InChI=1S/C15H16Br2N2/c1-2-3-10-4-6-11(7-5-10)14(18)15-13(17)8-12(16)9-19-15/h4-9,14H,2-3,18H2,1H3. The van der Waals surface area contributed by atoms with Crippen molar-refractivity contribution in [3.63, 3.8) is 0 Å². The Morgan fingerprint density at radius 3 is 2.47 bits per heavy atom. The van der Waals surface area contributed by atoms with Gasteiger partial charge in [-0.3, -0.25) is 4.98 Å². The lowest BCUT2D eigenvalue weighted by atomic mass is 10.0. The van der Waals surface area contributed by atoms with Crippen molar-refractivity contribution in [2.24, 2.45) is 5.73 Å². The van der Waals surface area contributed by atoms with E-state index in [1.54, 1.807) is 6.20 Å². The average molecular weight is 384 g/mol. The SMILES string of the molecule is CCCc1ccc(C(N)c2ncc(Br)cc2Br)cc1. The van der Waals surface area contributed by atoms with Crippen LogP contribution in [0, 0.1) is 0 Å². The smallest absolute Gasteiger partial charge is 0.0758 e. The van der Waals surface area contributed by atoms with Crippen molar-refractivity contribution in [2.45, 2.75) is 25.8 Å². The third-order valence-corrected chi connectivity index (χ3v) is 4.08. The molecule has 0 radical (unpaired) electrons. The van der Waals surface area contributed by atoms with Crippen molar-refractivity contribution in [3.05, 3.63) is 62.3 Å². The molecule has 0 bridgehead atoms. The number of nitrogens with two attached hydrogens (primary N) is 1. The Bertz CT molecular complexity index is 553. The van der Waals surface area contributed by atoms with Gasteiger partial charge < -0.3 is 5.73 Å². The molecule has 0 aliphatic heterocycles. The van der Waals surface area contributed by atoms with Crippen LogP contribution in [0.15, 0.2) is 45.5 Å². The van der Waals surface area contributed by atoms with Gasteiger partial charge in [-0.2, -0.15) is 0 Å². The van der Waals surface area contributed by atoms with Crippen molar-refractivity contribution in [1.82, 2.24) is 4.98 Å². The average Bonchev–Trinajstić information content (AvgIpc) is 2.39. The Balaban J connectivity index is 2.25. The Hall–Kier alpha value is -0.710. The van der Waals surface area contributed by atoms with Crippen LogP contribution in [-0.4, -0.2) is 4.98 Å². The number of hydrogen-bond acceptors (Lipinski definition) is 2. The van der Waals surface area contributed by atoms with Gasteiger partial charge in [0.2, 0.25) is 0 Å². The predicted molar refractivity (Wildman–Crippen MR) is 86.1 cm³/mol. The van der Waals surface area contributed by atoms with Crippen molar-refractivity contribution in [2.75, 3.05) is 0 Å². The zero-order valence-electron chi connectivity index (χ0n) is 10.7. The lowest BCUT2D eigenvalue weighted by molar-refractivity contribution is 0.818. The maximum atomic E-state index is 6.28. The Labute approximate surface area is 130 Å². The summed E-state index contributed by atoms with van der Waals surface area (Å²) in [6.07, 6.45) is 4.03. The number of halogens is 2. The topological polar surface area (TPSA) is 38.9 Å². The molecule has 1 aromatic heterocycles. The van der Waals surface area contributed by atoms with E-state index in [0.717, 1.165) is 33.0 Å². The first kappa shape index (κ1) is 14.7. The molecule has 0 saturated heterocycles. The van der Waals surface area contributed by atoms with Gasteiger partial charge in [0.1, 0.15) is 0 Å². The molecule has 0 amide bonds. The number of benzene rings is 1. The summed E-state index contributed by atoms with van der Waals surface area (Å²) in [5.41, 5.74) is 9.56. The molecule has 2 nitrogen and oxygen atoms in total. The minimum Gasteiger partial charge on any atom is -0.319 e. The lowest BCUT2D eigenvalue weighted by Gasteiger charge is -2.14. The summed E-state index contributed by atoms with van der Waals surface area (Å²) in [4.78, 5) is 4.39. The van der Waals surface area contributed by atoms with E-state index in [0.29, 0.717) is 0 Å². The predicted octanol–water partition coefficient (Wildman–Crippen LogP) is 4.61. The van der Waals surface area contributed by atoms with Gasteiger partial charge in [0.25, 0.3) is 0 Å². The van der Waals surface area contributed by atoms with Crippen LogP contribution in [0.5, 0.6) is 0 Å². The highest BCUT2D eigenvalue weighted by Crippen LogP contribution is 2.27. The van der Waals surface area contributed by atoms with Crippen LogP contribution in [0.3, 0.4) is 0 Å². The minimum absolute atomic E-state index is 0.210. The summed E-state index contributed by atoms with van der Waals surface area (Å²) in [7, 11) is 0. The van der Waals surface area contributed by atoms with E-state index in [-0.39, 0.29) is 6.04 Å². The summed E-state index contributed by atoms with van der Waals surface area (Å²) in [5.74, 6) is 0. The van der Waals surface area contributed by atoms with Gasteiger partial charge in [-0.05, 0) is 55.5 Å². The molecule has 1 aromatic carbocycles. The third kappa shape index (κ3) is 3.65. The Morgan fingerprint density at radius 1 is 1.21 bits per heavy atom. The van der Waals surface area contributed by atoms with E-state index >= 15 is 0 Å². The zero-order chi connectivity index (χ0) is 13.8. The van der Waals surface area contributed by atoms with Gasteiger partial charge in [0.05, 0.1) is 11.7 Å². The van der Waals surface area contributed by atoms with E-state index < -0.39 is 0 Å². The quantitative estimate of drug-likeness (QED) is 0.837. The van der Waals surface area contributed by atoms with Crippen molar-refractivity contribution in [3.8, 4) is 0 Å². The second kappa shape index (κ2) is 6.64. The first-order chi connectivity index (χ1) is 9.11. The fourth-order valence-corrected chi connectivity index (χ4v) is 3.23. The molecular weight excluding hydrogens is 368 g/mol. The van der Waals surface area contributed by atoms with E-state index in [9.17, 15) is 0 Å². The second-order valence-corrected chi connectivity index (χ2v) is 6.26. The largest absolute Gasteiger partial charge is 0.319 e. The summed E-state index contributed by atoms with van der Waals surface area (Å²) < 4.78 is 1.86. The summed E-state index contributed by atoms with van der Waals surface area (Å²) in [6, 6.07) is 10.2. The minimum atomic E-state index is -0.210. The van der Waals surface area contributed by atoms with E-state index in [1.165, 1.54) is 5.56 Å². The van der Waals surface area contributed by atoms with Crippen LogP contribution in [-0.2, 0) is 6.42 Å². The van der Waals surface area contributed by atoms with Crippen LogP contribution in [0.25, 0.3) is 0 Å². The monoisotopic (exact) mass is 382 g/mol. The molecule has 0 saturated carbocycles. The summed E-state index contributed by atoms with van der Waals surface area (Å²) in [6.45, 7) is 2.18. The molecule has 2 N–H and O–H groups in total. The van der Waals surface area contributed by atoms with Gasteiger partial charge in [-0.15, -0.1) is 0 Å². The summed E-state index contributed by atoms with van der Waals surface area (Å²) in [5, 5.41) is 0. The molecule has 0 fully saturated rings. The second-order valence-electron chi connectivity index (χ2n) is 4.49. The van der Waals surface area contributed by atoms with Crippen LogP contribution in [0.1, 0.15) is 36.2 Å². The normalized spacial score (nSPS) is 12.4. The maximum Gasteiger partial charge on any atom is 0.0758 e. The maximum absolute atomic E-state index is 6.28. The zero-order valence-corrected chi connectivity index (χ0v) is 13.9.